The van der Waals surface area contributed by atoms with Crippen LogP contribution in [-0.4, -0.2) is 30.3 Å². The van der Waals surface area contributed by atoms with Gasteiger partial charge in [-0.1, -0.05) is 74.9 Å². The summed E-state index contributed by atoms with van der Waals surface area (Å²) in [6.07, 6.45) is 5.32. The van der Waals surface area contributed by atoms with E-state index in [9.17, 15) is 14.4 Å². The molecule has 0 fully saturated rings. The number of imide groups is 1. The topological polar surface area (TPSA) is 101 Å². The van der Waals surface area contributed by atoms with Crippen LogP contribution in [0.25, 0.3) is 0 Å². The first kappa shape index (κ1) is 26.3. The standard InChI is InChI=1S/C27H37N3O3/c1-3-20(2)26(28)27(33)29-18-17-24(31)30-25(32)19-23-15-13-22(14-16-23)12-8-7-11-21-9-5-4-6-10-21/h4-6,9-10,13-16,20,26H,3,7-8,11-12,17-19,28H2,1-2H3,(H,29,33)(H,30,31,32)/t20-,26-/m0/s1. The fourth-order valence-electron chi connectivity index (χ4n) is 3.50. The van der Waals surface area contributed by atoms with Crippen LogP contribution in [0.3, 0.4) is 0 Å². The fraction of sp³-hybridized carbons (Fsp3) is 0.444. The summed E-state index contributed by atoms with van der Waals surface area (Å²) in [5.74, 6) is -0.963. The predicted octanol–water partition coefficient (Wildman–Crippen LogP) is 3.32. The predicted molar refractivity (Wildman–Crippen MR) is 131 cm³/mol. The smallest absolute Gasteiger partial charge is 0.237 e. The third-order valence-corrected chi connectivity index (χ3v) is 5.90. The van der Waals surface area contributed by atoms with Gasteiger partial charge >= 0.3 is 0 Å². The van der Waals surface area contributed by atoms with Crippen LogP contribution in [0.2, 0.25) is 0 Å². The van der Waals surface area contributed by atoms with Crippen LogP contribution in [0.4, 0.5) is 0 Å². The molecule has 0 aromatic heterocycles. The Kier molecular flexibility index (Phi) is 11.3. The molecule has 33 heavy (non-hydrogen) atoms. The number of amides is 3. The summed E-state index contributed by atoms with van der Waals surface area (Å²) in [4.78, 5) is 36.1. The molecule has 2 aromatic rings. The number of aryl methyl sites for hydroxylation is 2. The summed E-state index contributed by atoms with van der Waals surface area (Å²) >= 11 is 0. The van der Waals surface area contributed by atoms with Crippen molar-refractivity contribution >= 4 is 17.7 Å². The van der Waals surface area contributed by atoms with E-state index in [-0.39, 0.29) is 37.1 Å². The first-order valence-corrected chi connectivity index (χ1v) is 11.9. The Hall–Kier alpha value is -2.99. The number of benzene rings is 2. The van der Waals surface area contributed by atoms with Gasteiger partial charge < -0.3 is 11.1 Å². The second kappa shape index (κ2) is 14.2. The Morgan fingerprint density at radius 1 is 0.848 bits per heavy atom. The maximum atomic E-state index is 12.1. The van der Waals surface area contributed by atoms with Gasteiger partial charge in [-0.25, -0.2) is 0 Å². The zero-order valence-electron chi connectivity index (χ0n) is 19.8. The first-order chi connectivity index (χ1) is 15.9. The second-order valence-corrected chi connectivity index (χ2v) is 8.61. The molecule has 2 aromatic carbocycles. The molecule has 0 radical (unpaired) electrons. The molecule has 2 atom stereocenters. The highest BCUT2D eigenvalue weighted by molar-refractivity contribution is 5.96. The number of carbonyl (C=O) groups excluding carboxylic acids is 3. The van der Waals surface area contributed by atoms with E-state index >= 15 is 0 Å². The minimum atomic E-state index is -0.591. The number of nitrogens with two attached hydrogens (primary N) is 1. The number of hydrogen-bond acceptors (Lipinski definition) is 4. The van der Waals surface area contributed by atoms with Crippen LogP contribution in [0.15, 0.2) is 54.6 Å². The molecule has 0 unspecified atom stereocenters. The summed E-state index contributed by atoms with van der Waals surface area (Å²) in [5.41, 5.74) is 9.33. The van der Waals surface area contributed by atoms with Gasteiger partial charge in [0.2, 0.25) is 17.7 Å². The molecular weight excluding hydrogens is 414 g/mol. The maximum Gasteiger partial charge on any atom is 0.237 e. The van der Waals surface area contributed by atoms with Crippen LogP contribution in [-0.2, 0) is 33.6 Å². The van der Waals surface area contributed by atoms with Gasteiger partial charge in [-0.2, -0.15) is 0 Å². The minimum Gasteiger partial charge on any atom is -0.354 e. The van der Waals surface area contributed by atoms with Crippen molar-refractivity contribution in [1.29, 1.82) is 0 Å². The van der Waals surface area contributed by atoms with Crippen molar-refractivity contribution in [2.75, 3.05) is 6.54 Å². The van der Waals surface area contributed by atoms with E-state index in [2.05, 4.69) is 34.9 Å². The number of rotatable bonds is 13. The average Bonchev–Trinajstić information content (AvgIpc) is 2.82. The molecule has 0 aliphatic carbocycles. The lowest BCUT2D eigenvalue weighted by Gasteiger charge is -2.17. The summed E-state index contributed by atoms with van der Waals surface area (Å²) in [6.45, 7) is 4.03. The van der Waals surface area contributed by atoms with Gasteiger partial charge in [0.15, 0.2) is 0 Å². The lowest BCUT2D eigenvalue weighted by Crippen LogP contribution is -2.45. The van der Waals surface area contributed by atoms with Gasteiger partial charge in [0.25, 0.3) is 0 Å². The quantitative estimate of drug-likeness (QED) is 0.407. The molecule has 2 rings (SSSR count). The van der Waals surface area contributed by atoms with Gasteiger partial charge in [-0.15, -0.1) is 0 Å². The van der Waals surface area contributed by atoms with Gasteiger partial charge in [0, 0.05) is 13.0 Å². The molecule has 3 amide bonds. The van der Waals surface area contributed by atoms with Crippen LogP contribution < -0.4 is 16.4 Å². The fourth-order valence-corrected chi connectivity index (χ4v) is 3.50. The van der Waals surface area contributed by atoms with E-state index in [4.69, 9.17) is 5.73 Å². The average molecular weight is 452 g/mol. The molecule has 0 heterocycles. The number of nitrogens with one attached hydrogen (secondary N) is 2. The molecule has 6 heteroatoms. The number of unbranched alkanes of at least 4 members (excludes halogenated alkanes) is 1. The highest BCUT2D eigenvalue weighted by Crippen LogP contribution is 2.11. The van der Waals surface area contributed by atoms with Crippen LogP contribution >= 0.6 is 0 Å². The van der Waals surface area contributed by atoms with E-state index < -0.39 is 11.9 Å². The Labute approximate surface area is 197 Å². The van der Waals surface area contributed by atoms with E-state index in [1.807, 2.05) is 44.2 Å². The van der Waals surface area contributed by atoms with E-state index in [1.54, 1.807) is 0 Å². The zero-order valence-corrected chi connectivity index (χ0v) is 19.8. The second-order valence-electron chi connectivity index (χ2n) is 8.61. The van der Waals surface area contributed by atoms with E-state index in [1.165, 1.54) is 11.1 Å². The van der Waals surface area contributed by atoms with E-state index in [0.717, 1.165) is 37.7 Å². The summed E-state index contributed by atoms with van der Waals surface area (Å²) in [7, 11) is 0. The molecule has 4 N–H and O–H groups in total. The lowest BCUT2D eigenvalue weighted by atomic mass is 9.99. The Morgan fingerprint density at radius 2 is 1.42 bits per heavy atom. The molecule has 178 valence electrons. The molecule has 0 aliphatic heterocycles. The molecule has 6 nitrogen and oxygen atoms in total. The monoisotopic (exact) mass is 451 g/mol. The molecule has 0 saturated heterocycles. The van der Waals surface area contributed by atoms with Crippen molar-refractivity contribution < 1.29 is 14.4 Å². The molecule has 0 aliphatic rings. The summed E-state index contributed by atoms with van der Waals surface area (Å²) < 4.78 is 0. The summed E-state index contributed by atoms with van der Waals surface area (Å²) in [5, 5.41) is 5.03. The van der Waals surface area contributed by atoms with Crippen LogP contribution in [0.1, 0.15) is 56.2 Å². The van der Waals surface area contributed by atoms with Gasteiger partial charge in [-0.3, -0.25) is 19.7 Å². The van der Waals surface area contributed by atoms with Crippen LogP contribution in [0.5, 0.6) is 0 Å². The van der Waals surface area contributed by atoms with Crippen molar-refractivity contribution in [3.05, 3.63) is 71.3 Å². The minimum absolute atomic E-state index is 0.0344. The van der Waals surface area contributed by atoms with Crippen molar-refractivity contribution in [1.82, 2.24) is 10.6 Å². The van der Waals surface area contributed by atoms with Gasteiger partial charge in [0.1, 0.15) is 0 Å². The van der Waals surface area contributed by atoms with Crippen molar-refractivity contribution in [2.45, 2.75) is 64.8 Å². The highest BCUT2D eigenvalue weighted by atomic mass is 16.2. The third-order valence-electron chi connectivity index (χ3n) is 5.90. The van der Waals surface area contributed by atoms with E-state index in [0.29, 0.717) is 0 Å². The number of carbonyl (C=O) groups is 3. The first-order valence-electron chi connectivity index (χ1n) is 11.9. The Bertz CT molecular complexity index is 881. The van der Waals surface area contributed by atoms with Gasteiger partial charge in [-0.05, 0) is 48.3 Å². The number of hydrogen-bond donors (Lipinski definition) is 3. The van der Waals surface area contributed by atoms with Crippen molar-refractivity contribution in [3.63, 3.8) is 0 Å². The highest BCUT2D eigenvalue weighted by Gasteiger charge is 2.19. The Balaban J connectivity index is 1.64. The normalized spacial score (nSPS) is 12.6. The van der Waals surface area contributed by atoms with Crippen LogP contribution in [0, 0.1) is 5.92 Å². The maximum absolute atomic E-state index is 12.1. The zero-order chi connectivity index (χ0) is 24.1. The SMILES string of the molecule is CC[C@H](C)[C@H](N)C(=O)NCCC(=O)NC(=O)Cc1ccc(CCCCc2ccccc2)cc1. The molecule has 0 bridgehead atoms. The molecular formula is C27H37N3O3. The third kappa shape index (κ3) is 10.00. The Morgan fingerprint density at radius 3 is 2.03 bits per heavy atom. The largest absolute Gasteiger partial charge is 0.354 e. The lowest BCUT2D eigenvalue weighted by molar-refractivity contribution is -0.130. The van der Waals surface area contributed by atoms with Gasteiger partial charge in [0.05, 0.1) is 12.5 Å². The van der Waals surface area contributed by atoms with Crippen molar-refractivity contribution in [2.24, 2.45) is 11.7 Å². The summed E-state index contributed by atoms with van der Waals surface area (Å²) in [6, 6.07) is 17.9. The molecule has 0 spiro atoms. The van der Waals surface area contributed by atoms with Crippen molar-refractivity contribution in [3.8, 4) is 0 Å². The molecule has 0 saturated carbocycles.